The summed E-state index contributed by atoms with van der Waals surface area (Å²) in [5.41, 5.74) is 3.50. The first-order valence-corrected chi connectivity index (χ1v) is 9.30. The van der Waals surface area contributed by atoms with Gasteiger partial charge >= 0.3 is 0 Å². The van der Waals surface area contributed by atoms with Gasteiger partial charge in [0.2, 0.25) is 5.91 Å². The summed E-state index contributed by atoms with van der Waals surface area (Å²) >= 11 is 0. The number of fused-ring (bicyclic) bond motifs is 2. The maximum Gasteiger partial charge on any atom is 0.231 e. The molecule has 4 rings (SSSR count). The van der Waals surface area contributed by atoms with Crippen LogP contribution in [0.15, 0.2) is 0 Å². The number of aromatic nitrogens is 2. The Morgan fingerprint density at radius 2 is 2.21 bits per heavy atom. The van der Waals surface area contributed by atoms with Crippen LogP contribution >= 0.6 is 0 Å². The molecule has 2 N–H and O–H groups in total. The average Bonchev–Trinajstić information content (AvgIpc) is 3.14. The van der Waals surface area contributed by atoms with E-state index in [1.807, 2.05) is 11.9 Å². The molecule has 2 fully saturated rings. The minimum Gasteiger partial charge on any atom is -0.339 e. The second-order valence-corrected chi connectivity index (χ2v) is 8.03. The third-order valence-corrected chi connectivity index (χ3v) is 6.25. The zero-order valence-corrected chi connectivity index (χ0v) is 14.9. The van der Waals surface area contributed by atoms with E-state index in [0.29, 0.717) is 12.5 Å². The molecule has 6 heteroatoms. The molecular formula is C18H29N5O. The minimum atomic E-state index is -0.239. The Hall–Kier alpha value is -1.40. The van der Waals surface area contributed by atoms with Crippen molar-refractivity contribution in [3.8, 4) is 0 Å². The van der Waals surface area contributed by atoms with Gasteiger partial charge in [0, 0.05) is 44.8 Å². The summed E-state index contributed by atoms with van der Waals surface area (Å²) in [5, 5.41) is 11.2. The van der Waals surface area contributed by atoms with Crippen molar-refractivity contribution >= 4 is 5.91 Å². The fourth-order valence-corrected chi connectivity index (χ4v) is 5.01. The number of aromatic amines is 1. The van der Waals surface area contributed by atoms with Crippen LogP contribution in [0.5, 0.6) is 0 Å². The Morgan fingerprint density at radius 3 is 3.08 bits per heavy atom. The Labute approximate surface area is 144 Å². The van der Waals surface area contributed by atoms with Gasteiger partial charge in [0.1, 0.15) is 0 Å². The number of H-pyrrole nitrogens is 1. The van der Waals surface area contributed by atoms with Gasteiger partial charge in [0.25, 0.3) is 0 Å². The monoisotopic (exact) mass is 331 g/mol. The van der Waals surface area contributed by atoms with Gasteiger partial charge in [0.05, 0.1) is 17.7 Å². The molecule has 0 saturated carbocycles. The maximum absolute atomic E-state index is 13.3. The summed E-state index contributed by atoms with van der Waals surface area (Å²) in [4.78, 5) is 17.5. The molecule has 132 valence electrons. The van der Waals surface area contributed by atoms with E-state index in [1.165, 1.54) is 30.5 Å². The fourth-order valence-electron chi connectivity index (χ4n) is 5.01. The summed E-state index contributed by atoms with van der Waals surface area (Å²) in [6.07, 6.45) is 5.96. The number of carbonyl (C=O) groups is 1. The molecule has 0 spiro atoms. The highest BCUT2D eigenvalue weighted by Gasteiger charge is 2.54. The topological polar surface area (TPSA) is 64.3 Å². The van der Waals surface area contributed by atoms with Crippen LogP contribution in [0.25, 0.3) is 0 Å². The number of nitrogens with one attached hydrogen (secondary N) is 2. The van der Waals surface area contributed by atoms with Crippen molar-refractivity contribution in [1.29, 1.82) is 0 Å². The van der Waals surface area contributed by atoms with Crippen LogP contribution in [0.2, 0.25) is 0 Å². The number of hydrogen-bond donors (Lipinski definition) is 2. The Kier molecular flexibility index (Phi) is 4.12. The normalized spacial score (nSPS) is 30.0. The van der Waals surface area contributed by atoms with Crippen LogP contribution in [-0.2, 0) is 24.2 Å². The van der Waals surface area contributed by atoms with Crippen molar-refractivity contribution in [3.63, 3.8) is 0 Å². The van der Waals surface area contributed by atoms with Crippen molar-refractivity contribution in [1.82, 2.24) is 25.3 Å². The van der Waals surface area contributed by atoms with Gasteiger partial charge in [-0.3, -0.25) is 9.89 Å². The van der Waals surface area contributed by atoms with Gasteiger partial charge in [-0.25, -0.2) is 0 Å². The van der Waals surface area contributed by atoms with E-state index < -0.39 is 0 Å². The molecule has 2 aliphatic heterocycles. The highest BCUT2D eigenvalue weighted by Crippen LogP contribution is 2.40. The molecule has 0 aromatic carbocycles. The van der Waals surface area contributed by atoms with E-state index in [2.05, 4.69) is 27.5 Å². The maximum atomic E-state index is 13.3. The molecule has 2 atom stereocenters. The molecule has 2 saturated heterocycles. The van der Waals surface area contributed by atoms with Gasteiger partial charge in [-0.05, 0) is 38.3 Å². The van der Waals surface area contributed by atoms with Gasteiger partial charge in [0.15, 0.2) is 0 Å². The predicted octanol–water partition coefficient (Wildman–Crippen LogP) is 0.788. The molecule has 3 heterocycles. The predicted molar refractivity (Wildman–Crippen MR) is 92.6 cm³/mol. The first kappa shape index (κ1) is 16.1. The minimum absolute atomic E-state index is 0.239. The number of hydrogen-bond acceptors (Lipinski definition) is 4. The van der Waals surface area contributed by atoms with Crippen molar-refractivity contribution < 1.29 is 4.79 Å². The zero-order chi connectivity index (χ0) is 16.7. The molecule has 24 heavy (non-hydrogen) atoms. The van der Waals surface area contributed by atoms with E-state index in [9.17, 15) is 4.79 Å². The molecule has 0 radical (unpaired) electrons. The molecular weight excluding hydrogens is 302 g/mol. The number of aryl methyl sites for hydroxylation is 1. The van der Waals surface area contributed by atoms with Crippen molar-refractivity contribution in [2.24, 2.45) is 11.3 Å². The molecule has 0 bridgehead atoms. The Morgan fingerprint density at radius 1 is 1.38 bits per heavy atom. The highest BCUT2D eigenvalue weighted by molar-refractivity contribution is 5.84. The number of likely N-dealkylation sites (tertiary alicyclic amines) is 1. The third kappa shape index (κ3) is 2.56. The van der Waals surface area contributed by atoms with Gasteiger partial charge in [-0.1, -0.05) is 6.42 Å². The van der Waals surface area contributed by atoms with Crippen LogP contribution in [0.3, 0.4) is 0 Å². The lowest BCUT2D eigenvalue weighted by Crippen LogP contribution is -2.47. The van der Waals surface area contributed by atoms with E-state index in [-0.39, 0.29) is 11.3 Å². The van der Waals surface area contributed by atoms with E-state index in [1.54, 1.807) is 0 Å². The van der Waals surface area contributed by atoms with Gasteiger partial charge < -0.3 is 15.1 Å². The SMILES string of the molecule is CN1C[C@H]2CNC[C@@]2(C(=O)N(C)Cc2n[nH]c3c2CCCCC3)C1. The van der Waals surface area contributed by atoms with E-state index in [4.69, 9.17) is 0 Å². The zero-order valence-electron chi connectivity index (χ0n) is 14.9. The van der Waals surface area contributed by atoms with Crippen LogP contribution in [0, 0.1) is 11.3 Å². The molecule has 1 amide bonds. The standard InChI is InChI=1S/C18H29N5O/c1-22-9-13-8-19-11-18(13,12-22)17(24)23(2)10-16-14-6-4-3-5-7-15(14)20-21-16/h13,19H,3-12H2,1-2H3,(H,20,21)/t13-,18-/m1/s1. The lowest BCUT2D eigenvalue weighted by Gasteiger charge is -2.31. The number of carbonyl (C=O) groups excluding carboxylic acids is 1. The molecule has 0 unspecified atom stereocenters. The molecule has 1 aromatic heterocycles. The number of amides is 1. The van der Waals surface area contributed by atoms with E-state index in [0.717, 1.165) is 44.7 Å². The summed E-state index contributed by atoms with van der Waals surface area (Å²) < 4.78 is 0. The smallest absolute Gasteiger partial charge is 0.231 e. The van der Waals surface area contributed by atoms with Crippen molar-refractivity contribution in [3.05, 3.63) is 17.0 Å². The number of nitrogens with zero attached hydrogens (tertiary/aromatic N) is 3. The first-order chi connectivity index (χ1) is 11.6. The van der Waals surface area contributed by atoms with Crippen LogP contribution in [-0.4, -0.2) is 66.2 Å². The van der Waals surface area contributed by atoms with Gasteiger partial charge in [-0.15, -0.1) is 0 Å². The largest absolute Gasteiger partial charge is 0.339 e. The lowest BCUT2D eigenvalue weighted by atomic mass is 9.79. The number of rotatable bonds is 3. The Balaban J connectivity index is 1.51. The van der Waals surface area contributed by atoms with Crippen LogP contribution < -0.4 is 5.32 Å². The summed E-state index contributed by atoms with van der Waals surface area (Å²) in [5.74, 6) is 0.723. The van der Waals surface area contributed by atoms with Crippen molar-refractivity contribution in [2.45, 2.75) is 38.6 Å². The lowest BCUT2D eigenvalue weighted by molar-refractivity contribution is -0.141. The van der Waals surface area contributed by atoms with Crippen molar-refractivity contribution in [2.75, 3.05) is 40.3 Å². The van der Waals surface area contributed by atoms with Gasteiger partial charge in [-0.2, -0.15) is 5.10 Å². The van der Waals surface area contributed by atoms with E-state index >= 15 is 0 Å². The molecule has 1 aromatic rings. The average molecular weight is 331 g/mol. The highest BCUT2D eigenvalue weighted by atomic mass is 16.2. The van der Waals surface area contributed by atoms with Crippen LogP contribution in [0.1, 0.15) is 36.2 Å². The summed E-state index contributed by atoms with van der Waals surface area (Å²) in [6.45, 7) is 4.28. The second kappa shape index (κ2) is 6.15. The first-order valence-electron chi connectivity index (χ1n) is 9.30. The fraction of sp³-hybridized carbons (Fsp3) is 0.778. The molecule has 1 aliphatic carbocycles. The molecule has 6 nitrogen and oxygen atoms in total. The Bertz CT molecular complexity index is 627. The second-order valence-electron chi connectivity index (χ2n) is 8.03. The van der Waals surface area contributed by atoms with Crippen LogP contribution in [0.4, 0.5) is 0 Å². The quantitative estimate of drug-likeness (QED) is 0.804. The summed E-state index contributed by atoms with van der Waals surface area (Å²) in [7, 11) is 4.07. The summed E-state index contributed by atoms with van der Waals surface area (Å²) in [6, 6.07) is 0. The third-order valence-electron chi connectivity index (χ3n) is 6.25. The molecule has 3 aliphatic rings.